The lowest BCUT2D eigenvalue weighted by Gasteiger charge is -2.41. The van der Waals surface area contributed by atoms with Gasteiger partial charge in [0.2, 0.25) is 0 Å². The zero-order valence-electron chi connectivity index (χ0n) is 20.7. The van der Waals surface area contributed by atoms with Gasteiger partial charge in [0, 0.05) is 22.5 Å². The number of piperidine rings is 1. The summed E-state index contributed by atoms with van der Waals surface area (Å²) in [4.78, 5) is 19.6. The third-order valence-electron chi connectivity index (χ3n) is 7.91. The number of fused-ring (bicyclic) bond motifs is 4. The first-order valence-electron chi connectivity index (χ1n) is 12.5. The molecule has 2 aliphatic rings. The number of nitrogens with one attached hydrogen (secondary N) is 1. The number of rotatable bonds is 4. The van der Waals surface area contributed by atoms with Gasteiger partial charge in [-0.3, -0.25) is 9.69 Å². The highest BCUT2D eigenvalue weighted by Gasteiger charge is 2.33. The lowest BCUT2D eigenvalue weighted by Crippen LogP contribution is -2.51. The van der Waals surface area contributed by atoms with Crippen molar-refractivity contribution >= 4 is 32.8 Å². The molecule has 0 atom stereocenters. The number of methoxy groups -OCH3 is 1. The van der Waals surface area contributed by atoms with E-state index in [1.54, 1.807) is 31.4 Å². The van der Waals surface area contributed by atoms with Gasteiger partial charge in [0.15, 0.2) is 11.2 Å². The fourth-order valence-electron chi connectivity index (χ4n) is 6.00. The fraction of sp³-hybridized carbons (Fsp3) is 0.429. The van der Waals surface area contributed by atoms with Crippen LogP contribution in [-0.4, -0.2) is 53.9 Å². The van der Waals surface area contributed by atoms with Gasteiger partial charge in [-0.15, -0.1) is 0 Å². The molecule has 1 N–H and O–H groups in total. The van der Waals surface area contributed by atoms with Crippen molar-refractivity contribution in [2.24, 2.45) is 0 Å². The van der Waals surface area contributed by atoms with Crippen LogP contribution >= 0.6 is 0 Å². The van der Waals surface area contributed by atoms with Gasteiger partial charge in [0.1, 0.15) is 11.4 Å². The van der Waals surface area contributed by atoms with Crippen LogP contribution in [0, 0.1) is 17.1 Å². The lowest BCUT2D eigenvalue weighted by atomic mass is 9.86. The van der Waals surface area contributed by atoms with Gasteiger partial charge in [-0.05, 0) is 63.9 Å². The Morgan fingerprint density at radius 3 is 2.56 bits per heavy atom. The molecule has 0 unspecified atom stereocenters. The zero-order chi connectivity index (χ0) is 25.1. The molecule has 2 aliphatic heterocycles. The monoisotopic (exact) mass is 488 g/mol. The van der Waals surface area contributed by atoms with Crippen molar-refractivity contribution in [3.8, 4) is 11.8 Å². The summed E-state index contributed by atoms with van der Waals surface area (Å²) < 4.78 is 29.5. The minimum Gasteiger partial charge on any atom is -0.496 e. The van der Waals surface area contributed by atoms with Crippen molar-refractivity contribution in [3.63, 3.8) is 0 Å². The Hall–Kier alpha value is -3.41. The number of hydrogen-bond acceptors (Lipinski definition) is 5. The number of aromatic nitrogens is 2. The van der Waals surface area contributed by atoms with Crippen molar-refractivity contribution in [2.75, 3.05) is 33.4 Å². The fourth-order valence-corrected chi connectivity index (χ4v) is 6.00. The van der Waals surface area contributed by atoms with Crippen LogP contribution in [0.1, 0.15) is 49.8 Å². The van der Waals surface area contributed by atoms with E-state index in [1.165, 1.54) is 0 Å². The van der Waals surface area contributed by atoms with E-state index >= 15 is 4.39 Å². The predicted molar refractivity (Wildman–Crippen MR) is 137 cm³/mol. The van der Waals surface area contributed by atoms with Gasteiger partial charge in [-0.25, -0.2) is 4.39 Å². The minimum atomic E-state index is -0.376. The summed E-state index contributed by atoms with van der Waals surface area (Å²) in [6.45, 7) is 7.29. The summed E-state index contributed by atoms with van der Waals surface area (Å²) in [5.41, 5.74) is 2.38. The number of ether oxygens (including phenoxy) is 2. The van der Waals surface area contributed by atoms with Gasteiger partial charge >= 0.3 is 0 Å². The number of benzene rings is 2. The molecule has 8 heteroatoms. The molecule has 0 saturated carbocycles. The summed E-state index contributed by atoms with van der Waals surface area (Å²) in [6, 6.07) is 9.44. The van der Waals surface area contributed by atoms with Crippen LogP contribution in [0.4, 0.5) is 4.39 Å². The SMILES string of the molecule is COc1cc2c(=O)c3c4ccc(C#N)cc4[nH]c3n(C(C)C)c2c(F)c1C1CCN(C2COC2)CC1. The summed E-state index contributed by atoms with van der Waals surface area (Å²) in [6.07, 6.45) is 1.65. The Kier molecular flexibility index (Phi) is 5.51. The molecule has 7 nitrogen and oxygen atoms in total. The third-order valence-corrected chi connectivity index (χ3v) is 7.91. The second kappa shape index (κ2) is 8.61. The van der Waals surface area contributed by atoms with Crippen molar-refractivity contribution in [2.45, 2.75) is 44.7 Å². The Balaban J connectivity index is 1.59. The largest absolute Gasteiger partial charge is 0.496 e. The van der Waals surface area contributed by atoms with Crippen molar-refractivity contribution in [1.82, 2.24) is 14.5 Å². The second-order valence-electron chi connectivity index (χ2n) is 10.2. The number of likely N-dealkylation sites (tertiary alicyclic amines) is 1. The smallest absolute Gasteiger partial charge is 0.199 e. The summed E-state index contributed by atoms with van der Waals surface area (Å²) >= 11 is 0. The Morgan fingerprint density at radius 2 is 1.94 bits per heavy atom. The quantitative estimate of drug-likeness (QED) is 0.446. The lowest BCUT2D eigenvalue weighted by molar-refractivity contribution is -0.0713. The van der Waals surface area contributed by atoms with E-state index in [9.17, 15) is 10.1 Å². The van der Waals surface area contributed by atoms with Crippen LogP contribution in [0.2, 0.25) is 0 Å². The normalized spacial score (nSPS) is 17.8. The van der Waals surface area contributed by atoms with Crippen LogP contribution in [-0.2, 0) is 4.74 Å². The molecule has 36 heavy (non-hydrogen) atoms. The molecular weight excluding hydrogens is 459 g/mol. The molecule has 0 bridgehead atoms. The number of pyridine rings is 1. The van der Waals surface area contributed by atoms with Crippen molar-refractivity contribution in [3.05, 3.63) is 51.4 Å². The number of halogens is 1. The number of nitriles is 1. The maximum atomic E-state index is 16.6. The maximum absolute atomic E-state index is 16.6. The highest BCUT2D eigenvalue weighted by atomic mass is 19.1. The first kappa shape index (κ1) is 23.0. The van der Waals surface area contributed by atoms with Crippen LogP contribution in [0.25, 0.3) is 32.8 Å². The maximum Gasteiger partial charge on any atom is 0.199 e. The second-order valence-corrected chi connectivity index (χ2v) is 10.2. The topological polar surface area (TPSA) is 83.3 Å². The number of aromatic amines is 1. The average Bonchev–Trinajstić information content (AvgIpc) is 3.22. The summed E-state index contributed by atoms with van der Waals surface area (Å²) in [5.74, 6) is 0.0662. The Bertz CT molecular complexity index is 1600. The van der Waals surface area contributed by atoms with Gasteiger partial charge < -0.3 is 19.0 Å². The molecule has 0 radical (unpaired) electrons. The average molecular weight is 489 g/mol. The highest BCUT2D eigenvalue weighted by molar-refractivity contribution is 6.10. The minimum absolute atomic E-state index is 0.00825. The molecule has 0 amide bonds. The number of H-pyrrole nitrogens is 1. The van der Waals surface area contributed by atoms with Gasteiger partial charge in [-0.2, -0.15) is 5.26 Å². The van der Waals surface area contributed by atoms with Crippen molar-refractivity contribution < 1.29 is 13.9 Å². The molecule has 6 rings (SSSR count). The molecule has 2 aromatic carbocycles. The van der Waals surface area contributed by atoms with Gasteiger partial charge in [0.25, 0.3) is 0 Å². The van der Waals surface area contributed by atoms with E-state index < -0.39 is 0 Å². The Labute approximate surface area is 208 Å². The highest BCUT2D eigenvalue weighted by Crippen LogP contribution is 2.41. The molecule has 186 valence electrons. The first-order chi connectivity index (χ1) is 17.4. The zero-order valence-corrected chi connectivity index (χ0v) is 20.7. The molecule has 2 aromatic heterocycles. The molecule has 4 heterocycles. The van der Waals surface area contributed by atoms with Gasteiger partial charge in [0.05, 0.1) is 54.3 Å². The predicted octanol–water partition coefficient (Wildman–Crippen LogP) is 4.81. The molecule has 0 aliphatic carbocycles. The Morgan fingerprint density at radius 1 is 1.19 bits per heavy atom. The first-order valence-corrected chi connectivity index (χ1v) is 12.5. The van der Waals surface area contributed by atoms with E-state index in [4.69, 9.17) is 9.47 Å². The van der Waals surface area contributed by atoms with Crippen LogP contribution < -0.4 is 10.2 Å². The molecule has 2 saturated heterocycles. The standard InChI is InChI=1S/C28H29FN4O3/c1-15(2)33-26-20(27(34)24-19-5-4-16(12-30)10-21(19)31-28(24)33)11-22(35-3)23(25(26)29)17-6-8-32(9-7-17)18-13-36-14-18/h4-5,10-11,15,17-18,31H,6-9,13-14H2,1-3H3. The summed E-state index contributed by atoms with van der Waals surface area (Å²) in [7, 11) is 1.54. The van der Waals surface area contributed by atoms with Crippen molar-refractivity contribution in [1.29, 1.82) is 5.26 Å². The van der Waals surface area contributed by atoms with E-state index in [0.717, 1.165) is 44.5 Å². The summed E-state index contributed by atoms with van der Waals surface area (Å²) in [5, 5.41) is 10.9. The van der Waals surface area contributed by atoms with E-state index in [-0.39, 0.29) is 23.2 Å². The van der Waals surface area contributed by atoms with E-state index in [0.29, 0.717) is 50.4 Å². The number of nitrogens with zero attached hydrogens (tertiary/aromatic N) is 3. The van der Waals surface area contributed by atoms with E-state index in [1.807, 2.05) is 18.4 Å². The van der Waals surface area contributed by atoms with E-state index in [2.05, 4.69) is 16.0 Å². The molecule has 0 spiro atoms. The van der Waals surface area contributed by atoms with Crippen LogP contribution in [0.3, 0.4) is 0 Å². The third kappa shape index (κ3) is 3.34. The number of hydrogen-bond donors (Lipinski definition) is 1. The molecular formula is C28H29FN4O3. The van der Waals surface area contributed by atoms with Crippen LogP contribution in [0.5, 0.6) is 5.75 Å². The van der Waals surface area contributed by atoms with Crippen LogP contribution in [0.15, 0.2) is 29.1 Å². The van der Waals surface area contributed by atoms with Gasteiger partial charge in [-0.1, -0.05) is 6.07 Å². The molecule has 2 fully saturated rings. The molecule has 4 aromatic rings.